The molecule has 2 N–H and O–H groups in total. The normalized spacial score (nSPS) is 35.9. The fourth-order valence-corrected chi connectivity index (χ4v) is 8.81. The monoisotopic (exact) mass is 603 g/mol. The Labute approximate surface area is 248 Å². The van der Waals surface area contributed by atoms with Gasteiger partial charge >= 0.3 is 12.1 Å². The van der Waals surface area contributed by atoms with Gasteiger partial charge in [0.15, 0.2) is 5.78 Å². The maximum absolute atomic E-state index is 15.2. The van der Waals surface area contributed by atoms with Gasteiger partial charge in [0.1, 0.15) is 5.60 Å². The topological polar surface area (TPSA) is 58.6 Å². The summed E-state index contributed by atoms with van der Waals surface area (Å²) >= 11 is 0. The van der Waals surface area contributed by atoms with Crippen LogP contribution in [0, 0.1) is 17.3 Å². The Hall–Kier alpha value is -2.62. The molecule has 9 heteroatoms. The van der Waals surface area contributed by atoms with Crippen LogP contribution < -0.4 is 5.32 Å². The molecule has 0 aromatic heterocycles. The number of ether oxygens (including phenoxy) is 1. The second kappa shape index (κ2) is 10.8. The predicted molar refractivity (Wildman–Crippen MR) is 152 cm³/mol. The highest BCUT2D eigenvalue weighted by atomic mass is 19.4. The number of nitrogens with one attached hydrogen (secondary N) is 1. The van der Waals surface area contributed by atoms with Crippen molar-refractivity contribution >= 4 is 5.78 Å². The third-order valence-corrected chi connectivity index (χ3v) is 11.0. The molecule has 0 aliphatic heterocycles. The number of carbonyl (C=O) groups is 1. The molecule has 5 aliphatic carbocycles. The van der Waals surface area contributed by atoms with Gasteiger partial charge < -0.3 is 15.2 Å². The summed E-state index contributed by atoms with van der Waals surface area (Å²) in [6.45, 7) is 2.00. The highest BCUT2D eigenvalue weighted by molar-refractivity contribution is 5.93. The van der Waals surface area contributed by atoms with E-state index in [1.54, 1.807) is 13.2 Å². The average Bonchev–Trinajstić information content (AvgIpc) is 3.26. The third kappa shape index (κ3) is 4.77. The Morgan fingerprint density at radius 1 is 1.02 bits per heavy atom. The molecule has 4 nitrogen and oxygen atoms in total. The summed E-state index contributed by atoms with van der Waals surface area (Å²) in [5, 5.41) is 14.9. The van der Waals surface area contributed by atoms with E-state index < -0.39 is 41.4 Å². The van der Waals surface area contributed by atoms with Crippen LogP contribution in [-0.4, -0.2) is 47.8 Å². The molecule has 5 unspecified atom stereocenters. The molecule has 1 aromatic rings. The number of halogens is 5. The van der Waals surface area contributed by atoms with Crippen LogP contribution in [0.15, 0.2) is 71.4 Å². The van der Waals surface area contributed by atoms with Crippen molar-refractivity contribution in [2.75, 3.05) is 7.11 Å². The molecule has 6 rings (SSSR count). The molecule has 1 aromatic carbocycles. The maximum Gasteiger partial charge on any atom is 0.456 e. The van der Waals surface area contributed by atoms with E-state index in [0.717, 1.165) is 27.8 Å². The van der Waals surface area contributed by atoms with Gasteiger partial charge in [0.2, 0.25) is 0 Å². The molecule has 5 aliphatic rings. The Morgan fingerprint density at radius 3 is 2.44 bits per heavy atom. The van der Waals surface area contributed by atoms with E-state index in [0.29, 0.717) is 32.2 Å². The molecule has 232 valence electrons. The summed E-state index contributed by atoms with van der Waals surface area (Å²) in [7, 11) is 1.65. The molecule has 0 amide bonds. The molecular weight excluding hydrogens is 565 g/mol. The summed E-state index contributed by atoms with van der Waals surface area (Å²) in [5.74, 6) is -6.38. The van der Waals surface area contributed by atoms with Crippen LogP contribution in [0.2, 0.25) is 0 Å². The van der Waals surface area contributed by atoms with Crippen LogP contribution in [0.3, 0.4) is 0 Å². The van der Waals surface area contributed by atoms with Crippen LogP contribution in [0.25, 0.3) is 0 Å². The largest absolute Gasteiger partial charge is 0.456 e. The minimum absolute atomic E-state index is 0.00517. The fourth-order valence-electron chi connectivity index (χ4n) is 8.81. The minimum atomic E-state index is -5.86. The van der Waals surface area contributed by atoms with Crippen molar-refractivity contribution in [3.8, 4) is 0 Å². The molecule has 0 spiro atoms. The summed E-state index contributed by atoms with van der Waals surface area (Å²) in [6.07, 6.45) is 5.14. The van der Waals surface area contributed by atoms with Crippen LogP contribution >= 0.6 is 0 Å². The molecule has 2 saturated carbocycles. The van der Waals surface area contributed by atoms with Crippen LogP contribution in [0.1, 0.15) is 68.9 Å². The zero-order chi connectivity index (χ0) is 30.8. The quantitative estimate of drug-likeness (QED) is 0.340. The standard InChI is InChI=1S/C34H38F5NO3/c1-31-18-26(21-9-7-20(8-10-21)19-40-28-5-3-4-6-29(28)43-2)30-24-14-12-23(41)17-22(24)11-13-25(30)27(31)15-16-32(31,42)33(35,36)34(37,38)39/h3-10,17,25-29,40,42H,11-16,18-19H2,1-2H3/t25?,26-,27?,28?,29?,31?,32+/m1/s1. The van der Waals surface area contributed by atoms with Crippen LogP contribution in [0.5, 0.6) is 0 Å². The summed E-state index contributed by atoms with van der Waals surface area (Å²) in [4.78, 5) is 12.3. The van der Waals surface area contributed by atoms with E-state index in [2.05, 4.69) is 5.32 Å². The lowest BCUT2D eigenvalue weighted by Gasteiger charge is -2.56. The van der Waals surface area contributed by atoms with Gasteiger partial charge in [-0.05, 0) is 78.7 Å². The minimum Gasteiger partial charge on any atom is -0.383 e. The van der Waals surface area contributed by atoms with Gasteiger partial charge in [0.25, 0.3) is 0 Å². The first kappa shape index (κ1) is 30.4. The van der Waals surface area contributed by atoms with E-state index in [1.165, 1.54) is 6.92 Å². The molecule has 2 fully saturated rings. The first-order chi connectivity index (χ1) is 20.3. The Kier molecular flexibility index (Phi) is 7.62. The number of hydrogen-bond acceptors (Lipinski definition) is 4. The first-order valence-electron chi connectivity index (χ1n) is 15.1. The van der Waals surface area contributed by atoms with Gasteiger partial charge in [0.05, 0.1) is 12.1 Å². The Bertz CT molecular complexity index is 1390. The number of benzene rings is 1. The molecule has 0 bridgehead atoms. The summed E-state index contributed by atoms with van der Waals surface area (Å²) in [5.41, 5.74) is 0.0492. The molecule has 7 atom stereocenters. The molecule has 0 saturated heterocycles. The van der Waals surface area contributed by atoms with Crippen LogP contribution in [-0.2, 0) is 16.1 Å². The number of methoxy groups -OCH3 is 1. The van der Waals surface area contributed by atoms with Crippen molar-refractivity contribution < 1.29 is 36.6 Å². The van der Waals surface area contributed by atoms with Gasteiger partial charge in [-0.3, -0.25) is 4.79 Å². The van der Waals surface area contributed by atoms with Gasteiger partial charge in [-0.1, -0.05) is 61.1 Å². The predicted octanol–water partition coefficient (Wildman–Crippen LogP) is 7.11. The zero-order valence-corrected chi connectivity index (χ0v) is 24.4. The average molecular weight is 604 g/mol. The molecule has 43 heavy (non-hydrogen) atoms. The number of hydrogen-bond donors (Lipinski definition) is 2. The summed E-state index contributed by atoms with van der Waals surface area (Å²) < 4.78 is 77.3. The van der Waals surface area contributed by atoms with Gasteiger partial charge in [0, 0.05) is 31.4 Å². The van der Waals surface area contributed by atoms with Crippen molar-refractivity contribution in [2.24, 2.45) is 17.3 Å². The number of aliphatic hydroxyl groups is 1. The fraction of sp³-hybridized carbons (Fsp3) is 0.559. The first-order valence-corrected chi connectivity index (χ1v) is 15.1. The number of rotatable bonds is 6. The number of fused-ring (bicyclic) bond motifs is 4. The highest BCUT2D eigenvalue weighted by Crippen LogP contribution is 2.70. The van der Waals surface area contributed by atoms with E-state index in [9.17, 15) is 23.1 Å². The number of carbonyl (C=O) groups excluding carboxylic acids is 1. The SMILES string of the molecule is COC1C=CC=CC1NCc1ccc([C@H]2CC3(C)C(CC[C@@]3(O)C(F)(F)C(F)(F)F)C3CCC4=CC(=O)CCC4=C32)cc1. The number of allylic oxidation sites excluding steroid dienone is 6. The van der Waals surface area contributed by atoms with Gasteiger partial charge in [-0.15, -0.1) is 0 Å². The third-order valence-electron chi connectivity index (χ3n) is 11.0. The number of alkyl halides is 5. The van der Waals surface area contributed by atoms with Crippen molar-refractivity contribution in [3.63, 3.8) is 0 Å². The Morgan fingerprint density at radius 2 is 1.74 bits per heavy atom. The van der Waals surface area contributed by atoms with Crippen molar-refractivity contribution in [3.05, 3.63) is 82.5 Å². The molecular formula is C34H38F5NO3. The lowest BCUT2D eigenvalue weighted by Crippen LogP contribution is -2.65. The van der Waals surface area contributed by atoms with E-state index in [-0.39, 0.29) is 36.7 Å². The van der Waals surface area contributed by atoms with E-state index >= 15 is 8.78 Å². The lowest BCUT2D eigenvalue weighted by molar-refractivity contribution is -0.362. The van der Waals surface area contributed by atoms with Gasteiger partial charge in [-0.2, -0.15) is 22.0 Å². The van der Waals surface area contributed by atoms with Crippen molar-refractivity contribution in [1.82, 2.24) is 5.32 Å². The van der Waals surface area contributed by atoms with Crippen LogP contribution in [0.4, 0.5) is 22.0 Å². The zero-order valence-electron chi connectivity index (χ0n) is 24.4. The molecule has 0 radical (unpaired) electrons. The highest BCUT2D eigenvalue weighted by Gasteiger charge is 2.79. The maximum atomic E-state index is 15.2. The summed E-state index contributed by atoms with van der Waals surface area (Å²) in [6, 6.07) is 7.77. The van der Waals surface area contributed by atoms with E-state index in [4.69, 9.17) is 4.74 Å². The second-order valence-corrected chi connectivity index (χ2v) is 13.1. The smallest absolute Gasteiger partial charge is 0.383 e. The number of ketones is 1. The Balaban J connectivity index is 1.37. The van der Waals surface area contributed by atoms with E-state index in [1.807, 2.05) is 48.6 Å². The molecule has 0 heterocycles. The lowest BCUT2D eigenvalue weighted by atomic mass is 9.50. The van der Waals surface area contributed by atoms with Gasteiger partial charge in [-0.25, -0.2) is 0 Å². The second-order valence-electron chi connectivity index (χ2n) is 13.1. The van der Waals surface area contributed by atoms with Crippen molar-refractivity contribution in [2.45, 2.75) is 94.2 Å². The van der Waals surface area contributed by atoms with Crippen molar-refractivity contribution in [1.29, 1.82) is 0 Å².